The highest BCUT2D eigenvalue weighted by Gasteiger charge is 2.19. The van der Waals surface area contributed by atoms with Gasteiger partial charge < -0.3 is 9.68 Å². The summed E-state index contributed by atoms with van der Waals surface area (Å²) in [5.41, 5.74) is 0. The molecule has 0 unspecified atom stereocenters. The molecule has 2 aromatic rings. The first kappa shape index (κ1) is 10.0. The molecule has 2 aromatic heterocycles. The number of hydrogen-bond donors (Lipinski definition) is 0. The van der Waals surface area contributed by atoms with Gasteiger partial charge >= 0.3 is 11.9 Å². The van der Waals surface area contributed by atoms with E-state index < -0.39 is 11.9 Å². The molecule has 0 aliphatic carbocycles. The normalized spacial score (nSPS) is 9.75. The summed E-state index contributed by atoms with van der Waals surface area (Å²) in [6, 6.07) is 6.63. The molecule has 0 aliphatic rings. The van der Waals surface area contributed by atoms with Crippen LogP contribution in [0.1, 0.15) is 0 Å². The number of carbonyl (C=O) groups is 2. The Hall–Kier alpha value is -2.50. The largest absolute Gasteiger partial charge is 0.444 e. The van der Waals surface area contributed by atoms with Gasteiger partial charge in [0, 0.05) is 24.8 Å². The van der Waals surface area contributed by atoms with Gasteiger partial charge in [0.25, 0.3) is 0 Å². The van der Waals surface area contributed by atoms with Crippen LogP contribution in [0.15, 0.2) is 49.1 Å². The molecule has 0 saturated heterocycles. The zero-order valence-corrected chi connectivity index (χ0v) is 8.15. The predicted octanol–water partition coefficient (Wildman–Crippen LogP) is -0.0998. The average Bonchev–Trinajstić information content (AvgIpc) is 2.90. The highest BCUT2D eigenvalue weighted by atomic mass is 16.7. The van der Waals surface area contributed by atoms with E-state index >= 15 is 0 Å². The van der Waals surface area contributed by atoms with Crippen LogP contribution in [-0.4, -0.2) is 21.4 Å². The molecule has 6 heteroatoms. The molecule has 6 nitrogen and oxygen atoms in total. The van der Waals surface area contributed by atoms with Crippen LogP contribution in [0.2, 0.25) is 0 Å². The minimum Gasteiger partial charge on any atom is -0.326 e. The Kier molecular flexibility index (Phi) is 2.73. The predicted molar refractivity (Wildman–Crippen MR) is 52.0 cm³/mol. The van der Waals surface area contributed by atoms with E-state index in [-0.39, 0.29) is 0 Å². The minimum absolute atomic E-state index is 1.09. The molecular weight excluding hydrogens is 212 g/mol. The van der Waals surface area contributed by atoms with Gasteiger partial charge in [-0.15, -0.1) is 0 Å². The lowest BCUT2D eigenvalue weighted by molar-refractivity contribution is -0.168. The van der Waals surface area contributed by atoms with Crippen LogP contribution < -0.4 is 9.68 Å². The van der Waals surface area contributed by atoms with Crippen molar-refractivity contribution in [3.05, 3.63) is 49.1 Å². The Morgan fingerprint density at radius 3 is 1.31 bits per heavy atom. The fourth-order valence-corrected chi connectivity index (χ4v) is 1.03. The summed E-state index contributed by atoms with van der Waals surface area (Å²) in [6.07, 6.45) is 5.95. The van der Waals surface area contributed by atoms with E-state index in [0.717, 1.165) is 9.46 Å². The summed E-state index contributed by atoms with van der Waals surface area (Å²) < 4.78 is 2.22. The van der Waals surface area contributed by atoms with Crippen LogP contribution >= 0.6 is 0 Å². The minimum atomic E-state index is -1.09. The van der Waals surface area contributed by atoms with Crippen LogP contribution in [0, 0.1) is 0 Å². The summed E-state index contributed by atoms with van der Waals surface area (Å²) in [7, 11) is 0. The number of hydrogen-bond acceptors (Lipinski definition) is 4. The maximum Gasteiger partial charge on any atom is 0.444 e. The van der Waals surface area contributed by atoms with Crippen molar-refractivity contribution in [1.82, 2.24) is 9.46 Å². The second-order valence-electron chi connectivity index (χ2n) is 2.84. The summed E-state index contributed by atoms with van der Waals surface area (Å²) >= 11 is 0. The van der Waals surface area contributed by atoms with E-state index in [1.807, 2.05) is 0 Å². The molecule has 0 radical (unpaired) electrons. The van der Waals surface area contributed by atoms with E-state index in [0.29, 0.717) is 0 Å². The van der Waals surface area contributed by atoms with Gasteiger partial charge in [0.2, 0.25) is 0 Å². The van der Waals surface area contributed by atoms with Gasteiger partial charge in [0.1, 0.15) is 0 Å². The lowest BCUT2D eigenvalue weighted by atomic mass is 10.7. The van der Waals surface area contributed by atoms with Gasteiger partial charge in [-0.05, 0) is 24.3 Å². The van der Waals surface area contributed by atoms with Crippen molar-refractivity contribution >= 4 is 11.9 Å². The molecule has 0 aliphatic heterocycles. The standard InChI is InChI=1S/C10H8N2O4/c13-9(15-11-5-1-2-6-11)10(14)16-12-7-3-4-8-12/h1-8H. The highest BCUT2D eigenvalue weighted by Crippen LogP contribution is 1.89. The maximum atomic E-state index is 11.2. The van der Waals surface area contributed by atoms with Gasteiger partial charge in [0.15, 0.2) is 0 Å². The molecule has 82 valence electrons. The van der Waals surface area contributed by atoms with Crippen molar-refractivity contribution in [2.45, 2.75) is 0 Å². The van der Waals surface area contributed by atoms with Gasteiger partial charge in [-0.25, -0.2) is 9.59 Å². The van der Waals surface area contributed by atoms with Gasteiger partial charge in [-0.1, -0.05) is 0 Å². The first-order valence-corrected chi connectivity index (χ1v) is 4.46. The Morgan fingerprint density at radius 1 is 0.688 bits per heavy atom. The van der Waals surface area contributed by atoms with Crippen molar-refractivity contribution in [3.63, 3.8) is 0 Å². The van der Waals surface area contributed by atoms with Crippen molar-refractivity contribution in [2.75, 3.05) is 0 Å². The molecular formula is C10H8N2O4. The summed E-state index contributed by atoms with van der Waals surface area (Å²) in [5, 5.41) is 0. The summed E-state index contributed by atoms with van der Waals surface area (Å²) in [6.45, 7) is 0. The smallest absolute Gasteiger partial charge is 0.326 e. The number of rotatable bonds is 2. The number of aromatic nitrogens is 2. The monoisotopic (exact) mass is 220 g/mol. The van der Waals surface area contributed by atoms with Gasteiger partial charge in [-0.2, -0.15) is 9.46 Å². The Labute approximate surface area is 90.5 Å². The Morgan fingerprint density at radius 2 is 1.00 bits per heavy atom. The van der Waals surface area contributed by atoms with Crippen molar-refractivity contribution in [2.24, 2.45) is 0 Å². The van der Waals surface area contributed by atoms with Gasteiger partial charge in [-0.3, -0.25) is 0 Å². The molecule has 2 heterocycles. The number of carbonyl (C=O) groups excluding carboxylic acids is 2. The second-order valence-corrected chi connectivity index (χ2v) is 2.84. The van der Waals surface area contributed by atoms with Crippen LogP contribution in [0.3, 0.4) is 0 Å². The van der Waals surface area contributed by atoms with Crippen molar-refractivity contribution in [3.8, 4) is 0 Å². The first-order valence-electron chi connectivity index (χ1n) is 4.46. The van der Waals surface area contributed by atoms with E-state index in [1.165, 1.54) is 24.8 Å². The van der Waals surface area contributed by atoms with Crippen molar-refractivity contribution < 1.29 is 19.3 Å². The molecule has 0 N–H and O–H groups in total. The van der Waals surface area contributed by atoms with Gasteiger partial charge in [0.05, 0.1) is 0 Å². The molecule has 2 rings (SSSR count). The number of nitrogens with zero attached hydrogens (tertiary/aromatic N) is 2. The average molecular weight is 220 g/mol. The van der Waals surface area contributed by atoms with E-state index in [9.17, 15) is 9.59 Å². The zero-order chi connectivity index (χ0) is 11.4. The molecule has 0 spiro atoms. The third kappa shape index (κ3) is 2.30. The quantitative estimate of drug-likeness (QED) is 0.663. The van der Waals surface area contributed by atoms with Crippen LogP contribution in [0.5, 0.6) is 0 Å². The molecule has 16 heavy (non-hydrogen) atoms. The van der Waals surface area contributed by atoms with E-state index in [2.05, 4.69) is 9.68 Å². The summed E-state index contributed by atoms with van der Waals surface area (Å²) in [5.74, 6) is -2.19. The SMILES string of the molecule is O=C(On1cccc1)C(=O)On1cccc1. The molecule has 0 aromatic carbocycles. The van der Waals surface area contributed by atoms with E-state index in [4.69, 9.17) is 0 Å². The van der Waals surface area contributed by atoms with Crippen LogP contribution in [0.4, 0.5) is 0 Å². The lowest BCUT2D eigenvalue weighted by Gasteiger charge is -2.04. The van der Waals surface area contributed by atoms with Crippen molar-refractivity contribution in [1.29, 1.82) is 0 Å². The highest BCUT2D eigenvalue weighted by molar-refractivity contribution is 6.29. The van der Waals surface area contributed by atoms with Crippen LogP contribution in [-0.2, 0) is 9.59 Å². The van der Waals surface area contributed by atoms with Crippen LogP contribution in [0.25, 0.3) is 0 Å². The third-order valence-electron chi connectivity index (χ3n) is 1.70. The fraction of sp³-hybridized carbons (Fsp3) is 0. The Balaban J connectivity index is 1.92. The zero-order valence-electron chi connectivity index (χ0n) is 8.15. The molecule has 0 fully saturated rings. The second kappa shape index (κ2) is 4.35. The molecule has 0 saturated carbocycles. The van der Waals surface area contributed by atoms with E-state index in [1.54, 1.807) is 24.3 Å². The molecule has 0 bridgehead atoms. The first-order chi connectivity index (χ1) is 7.75. The lowest BCUT2D eigenvalue weighted by Crippen LogP contribution is -2.33. The molecule has 0 amide bonds. The Bertz CT molecular complexity index is 427. The third-order valence-corrected chi connectivity index (χ3v) is 1.70. The fourth-order valence-electron chi connectivity index (χ4n) is 1.03. The maximum absolute atomic E-state index is 11.2. The summed E-state index contributed by atoms with van der Waals surface area (Å²) in [4.78, 5) is 31.7. The topological polar surface area (TPSA) is 62.5 Å². The molecule has 0 atom stereocenters.